The highest BCUT2D eigenvalue weighted by Crippen LogP contribution is 2.23. The molecule has 104 valence electrons. The van der Waals surface area contributed by atoms with Crippen molar-refractivity contribution in [3.8, 4) is 0 Å². The molecule has 1 aromatic rings. The lowest BCUT2D eigenvalue weighted by Crippen LogP contribution is -2.36. The molecular weight excluding hydrogens is 240 g/mol. The van der Waals surface area contributed by atoms with Crippen LogP contribution in [0.3, 0.4) is 0 Å². The fourth-order valence-electron chi connectivity index (χ4n) is 2.09. The number of anilines is 1. The van der Waals surface area contributed by atoms with E-state index in [1.54, 1.807) is 0 Å². The molecule has 1 amide bonds. The van der Waals surface area contributed by atoms with E-state index in [0.717, 1.165) is 25.1 Å². The van der Waals surface area contributed by atoms with Gasteiger partial charge in [0, 0.05) is 36.4 Å². The summed E-state index contributed by atoms with van der Waals surface area (Å²) >= 11 is 0. The average Bonchev–Trinajstić information content (AvgIpc) is 2.44. The monoisotopic (exact) mass is 262 g/mol. The van der Waals surface area contributed by atoms with Crippen LogP contribution in [0.5, 0.6) is 0 Å². The lowest BCUT2D eigenvalue weighted by molar-refractivity contribution is 0.0911. The summed E-state index contributed by atoms with van der Waals surface area (Å²) in [6, 6.07) is 5.78. The van der Waals surface area contributed by atoms with Crippen LogP contribution in [0.1, 0.15) is 36.2 Å². The molecule has 0 saturated carbocycles. The van der Waals surface area contributed by atoms with Crippen molar-refractivity contribution in [1.82, 2.24) is 5.32 Å². The van der Waals surface area contributed by atoms with Gasteiger partial charge in [0.2, 0.25) is 0 Å². The van der Waals surface area contributed by atoms with E-state index in [9.17, 15) is 9.90 Å². The van der Waals surface area contributed by atoms with E-state index in [2.05, 4.69) is 10.6 Å². The number of nitrogens with one attached hydrogen (secondary N) is 2. The van der Waals surface area contributed by atoms with Gasteiger partial charge in [-0.2, -0.15) is 0 Å². The van der Waals surface area contributed by atoms with Gasteiger partial charge in [-0.3, -0.25) is 4.79 Å². The summed E-state index contributed by atoms with van der Waals surface area (Å²) in [4.78, 5) is 12.1. The Kier molecular flexibility index (Phi) is 4.10. The van der Waals surface area contributed by atoms with Gasteiger partial charge in [0.05, 0.1) is 0 Å². The highest BCUT2D eigenvalue weighted by atomic mass is 16.3. The minimum absolute atomic E-state index is 0.0569. The molecule has 1 aromatic carbocycles. The summed E-state index contributed by atoms with van der Waals surface area (Å²) in [6.45, 7) is 5.37. The predicted octanol–water partition coefficient (Wildman–Crippen LogP) is 1.79. The highest BCUT2D eigenvalue weighted by molar-refractivity contribution is 5.95. The normalized spacial score (nSPS) is 14.5. The van der Waals surface area contributed by atoms with Crippen LogP contribution in [0.2, 0.25) is 0 Å². The van der Waals surface area contributed by atoms with Crippen molar-refractivity contribution in [2.75, 3.05) is 25.0 Å². The van der Waals surface area contributed by atoms with Crippen LogP contribution in [0.4, 0.5) is 5.69 Å². The second-order valence-electron chi connectivity index (χ2n) is 5.91. The van der Waals surface area contributed by atoms with Crippen molar-refractivity contribution in [3.05, 3.63) is 29.3 Å². The van der Waals surface area contributed by atoms with E-state index < -0.39 is 0 Å². The molecule has 4 heteroatoms. The van der Waals surface area contributed by atoms with Crippen LogP contribution in [0.25, 0.3) is 0 Å². The number of rotatable bonds is 4. The fraction of sp³-hybridized carbons (Fsp3) is 0.533. The number of aliphatic hydroxyl groups is 1. The summed E-state index contributed by atoms with van der Waals surface area (Å²) in [5, 5.41) is 15.4. The van der Waals surface area contributed by atoms with Crippen LogP contribution >= 0.6 is 0 Å². The Bertz CT molecular complexity index is 469. The second-order valence-corrected chi connectivity index (χ2v) is 5.91. The molecule has 1 heterocycles. The highest BCUT2D eigenvalue weighted by Gasteiger charge is 2.18. The molecule has 0 fully saturated rings. The summed E-state index contributed by atoms with van der Waals surface area (Å²) < 4.78 is 0. The molecule has 0 unspecified atom stereocenters. The number of carbonyl (C=O) groups excluding carboxylic acids is 1. The molecule has 1 aliphatic heterocycles. The van der Waals surface area contributed by atoms with E-state index in [1.165, 1.54) is 5.56 Å². The number of carbonyl (C=O) groups is 1. The third kappa shape index (κ3) is 3.47. The maximum absolute atomic E-state index is 12.1. The summed E-state index contributed by atoms with van der Waals surface area (Å²) in [7, 11) is 0. The molecule has 0 aliphatic carbocycles. The zero-order chi connectivity index (χ0) is 13.9. The van der Waals surface area contributed by atoms with Crippen LogP contribution in [-0.2, 0) is 6.42 Å². The Morgan fingerprint density at radius 1 is 1.47 bits per heavy atom. The Morgan fingerprint density at radius 3 is 3.00 bits per heavy atom. The van der Waals surface area contributed by atoms with E-state index >= 15 is 0 Å². The molecule has 0 atom stereocenters. The maximum atomic E-state index is 12.1. The molecular formula is C15H22N2O2. The number of aliphatic hydroxyl groups excluding tert-OH is 1. The molecule has 4 nitrogen and oxygen atoms in total. The quantitative estimate of drug-likeness (QED) is 0.775. The van der Waals surface area contributed by atoms with Gasteiger partial charge >= 0.3 is 0 Å². The van der Waals surface area contributed by atoms with Gasteiger partial charge in [-0.1, -0.05) is 13.8 Å². The minimum Gasteiger partial charge on any atom is -0.396 e. The molecule has 0 aromatic heterocycles. The van der Waals surface area contributed by atoms with Crippen molar-refractivity contribution in [1.29, 1.82) is 0 Å². The summed E-state index contributed by atoms with van der Waals surface area (Å²) in [5.41, 5.74) is 2.75. The number of hydrogen-bond donors (Lipinski definition) is 3. The number of benzene rings is 1. The number of fused-ring (bicyclic) bond motifs is 1. The largest absolute Gasteiger partial charge is 0.396 e. The topological polar surface area (TPSA) is 61.4 Å². The molecule has 19 heavy (non-hydrogen) atoms. The van der Waals surface area contributed by atoms with Crippen molar-refractivity contribution < 1.29 is 9.90 Å². The van der Waals surface area contributed by atoms with Crippen LogP contribution in [0, 0.1) is 5.41 Å². The smallest absolute Gasteiger partial charge is 0.251 e. The van der Waals surface area contributed by atoms with Crippen LogP contribution < -0.4 is 10.6 Å². The first kappa shape index (κ1) is 13.9. The SMILES string of the molecule is CC(C)(CO)CNC(=O)c1ccc2c(c1)CCCN2. The third-order valence-electron chi connectivity index (χ3n) is 3.46. The first-order valence-corrected chi connectivity index (χ1v) is 6.78. The Hall–Kier alpha value is -1.55. The van der Waals surface area contributed by atoms with Crippen molar-refractivity contribution in [2.45, 2.75) is 26.7 Å². The van der Waals surface area contributed by atoms with Gasteiger partial charge in [-0.05, 0) is 36.6 Å². The Balaban J connectivity index is 2.03. The number of aryl methyl sites for hydroxylation is 1. The molecule has 2 rings (SSSR count). The van der Waals surface area contributed by atoms with Crippen LogP contribution in [0.15, 0.2) is 18.2 Å². The van der Waals surface area contributed by atoms with Gasteiger partial charge in [-0.15, -0.1) is 0 Å². The minimum atomic E-state index is -0.286. The zero-order valence-electron chi connectivity index (χ0n) is 11.6. The molecule has 1 aliphatic rings. The fourth-order valence-corrected chi connectivity index (χ4v) is 2.09. The Labute approximate surface area is 114 Å². The van der Waals surface area contributed by atoms with Crippen molar-refractivity contribution in [3.63, 3.8) is 0 Å². The van der Waals surface area contributed by atoms with Gasteiger partial charge in [-0.25, -0.2) is 0 Å². The van der Waals surface area contributed by atoms with Gasteiger partial charge in [0.15, 0.2) is 0 Å². The first-order valence-electron chi connectivity index (χ1n) is 6.78. The second kappa shape index (κ2) is 5.61. The van der Waals surface area contributed by atoms with Gasteiger partial charge in [0.25, 0.3) is 5.91 Å². The molecule has 0 radical (unpaired) electrons. The molecule has 0 saturated heterocycles. The summed E-state index contributed by atoms with van der Waals surface area (Å²) in [6.07, 6.45) is 2.13. The van der Waals surface area contributed by atoms with E-state index in [4.69, 9.17) is 0 Å². The third-order valence-corrected chi connectivity index (χ3v) is 3.46. The van der Waals surface area contributed by atoms with Crippen molar-refractivity contribution >= 4 is 11.6 Å². The lowest BCUT2D eigenvalue weighted by atomic mass is 9.94. The number of amides is 1. The average molecular weight is 262 g/mol. The van der Waals surface area contributed by atoms with E-state index in [1.807, 2.05) is 32.0 Å². The standard InChI is InChI=1S/C15H22N2O2/c1-15(2,10-18)9-17-14(19)12-5-6-13-11(8-12)4-3-7-16-13/h5-6,8,16,18H,3-4,7,9-10H2,1-2H3,(H,17,19). The predicted molar refractivity (Wildman–Crippen MR) is 76.5 cm³/mol. The zero-order valence-corrected chi connectivity index (χ0v) is 11.6. The van der Waals surface area contributed by atoms with Gasteiger partial charge in [0.1, 0.15) is 0 Å². The van der Waals surface area contributed by atoms with Gasteiger partial charge < -0.3 is 15.7 Å². The molecule has 0 bridgehead atoms. The first-order chi connectivity index (χ1) is 9.02. The number of hydrogen-bond acceptors (Lipinski definition) is 3. The molecule has 3 N–H and O–H groups in total. The van der Waals surface area contributed by atoms with E-state index in [-0.39, 0.29) is 17.9 Å². The lowest BCUT2D eigenvalue weighted by Gasteiger charge is -2.22. The van der Waals surface area contributed by atoms with Crippen molar-refractivity contribution in [2.24, 2.45) is 5.41 Å². The summed E-state index contributed by atoms with van der Waals surface area (Å²) in [5.74, 6) is -0.0742. The van der Waals surface area contributed by atoms with Crippen LogP contribution in [-0.4, -0.2) is 30.7 Å². The molecule has 0 spiro atoms. The van der Waals surface area contributed by atoms with E-state index in [0.29, 0.717) is 12.1 Å². The maximum Gasteiger partial charge on any atom is 0.251 e. The Morgan fingerprint density at radius 2 is 2.26 bits per heavy atom.